The van der Waals surface area contributed by atoms with Crippen LogP contribution < -0.4 is 10.6 Å². The van der Waals surface area contributed by atoms with Gasteiger partial charge in [-0.05, 0) is 23.6 Å². The molecule has 0 unspecified atom stereocenters. The Bertz CT molecular complexity index is 531. The predicted molar refractivity (Wildman–Crippen MR) is 72.0 cm³/mol. The molecule has 108 valence electrons. The van der Waals surface area contributed by atoms with Crippen LogP contribution in [0, 0.1) is 5.82 Å². The summed E-state index contributed by atoms with van der Waals surface area (Å²) in [7, 11) is 0. The van der Waals surface area contributed by atoms with Crippen LogP contribution in [0.2, 0.25) is 0 Å². The van der Waals surface area contributed by atoms with E-state index in [0.29, 0.717) is 13.0 Å². The van der Waals surface area contributed by atoms with Gasteiger partial charge in [-0.2, -0.15) is 0 Å². The van der Waals surface area contributed by atoms with Crippen LogP contribution in [0.3, 0.4) is 0 Å². The van der Waals surface area contributed by atoms with Crippen molar-refractivity contribution >= 4 is 17.7 Å². The molecule has 0 bridgehead atoms. The molecule has 2 rings (SSSR count). The molecule has 6 heteroatoms. The fourth-order valence-electron chi connectivity index (χ4n) is 1.94. The van der Waals surface area contributed by atoms with Crippen molar-refractivity contribution in [2.75, 3.05) is 11.9 Å². The summed E-state index contributed by atoms with van der Waals surface area (Å²) in [6, 6.07) is 3.38. The van der Waals surface area contributed by atoms with Crippen LogP contribution in [0.15, 0.2) is 18.2 Å². The molecule has 5 nitrogen and oxygen atoms in total. The average molecular weight is 280 g/mol. The maximum absolute atomic E-state index is 13.8. The van der Waals surface area contributed by atoms with Gasteiger partial charge in [0.25, 0.3) is 0 Å². The average Bonchev–Trinajstić information content (AvgIpc) is 2.77. The van der Waals surface area contributed by atoms with E-state index in [-0.39, 0.29) is 11.6 Å². The number of cyclic esters (lactones) is 1. The standard InChI is InChI=1S/C14H17FN2O3/c1-8(2)9-3-4-11(10(15)7-9)16-14(19)17-12-5-6-20-13(12)18/h3-4,7-8,12H,5-6H2,1-2H3,(H2,16,17,19)/t12-/m0/s1. The summed E-state index contributed by atoms with van der Waals surface area (Å²) in [5.41, 5.74) is 0.936. The highest BCUT2D eigenvalue weighted by atomic mass is 19.1. The third-order valence-corrected chi connectivity index (χ3v) is 3.15. The molecular formula is C14H17FN2O3. The number of urea groups is 1. The largest absolute Gasteiger partial charge is 0.464 e. The van der Waals surface area contributed by atoms with E-state index in [2.05, 4.69) is 10.6 Å². The van der Waals surface area contributed by atoms with Crippen molar-refractivity contribution in [2.24, 2.45) is 0 Å². The number of carbonyl (C=O) groups is 2. The van der Waals surface area contributed by atoms with Gasteiger partial charge in [0.15, 0.2) is 0 Å². The van der Waals surface area contributed by atoms with Gasteiger partial charge in [0, 0.05) is 6.42 Å². The first-order valence-electron chi connectivity index (χ1n) is 6.51. The van der Waals surface area contributed by atoms with Crippen molar-refractivity contribution in [3.63, 3.8) is 0 Å². The second-order valence-corrected chi connectivity index (χ2v) is 5.00. The second-order valence-electron chi connectivity index (χ2n) is 5.00. The molecule has 0 saturated carbocycles. The maximum Gasteiger partial charge on any atom is 0.328 e. The molecule has 1 fully saturated rings. The number of esters is 1. The first-order valence-corrected chi connectivity index (χ1v) is 6.51. The van der Waals surface area contributed by atoms with Crippen molar-refractivity contribution < 1.29 is 18.7 Å². The van der Waals surface area contributed by atoms with Crippen molar-refractivity contribution in [1.82, 2.24) is 5.32 Å². The third kappa shape index (κ3) is 3.26. The van der Waals surface area contributed by atoms with Crippen LogP contribution in [-0.2, 0) is 9.53 Å². The molecule has 2 amide bonds. The summed E-state index contributed by atoms with van der Waals surface area (Å²) in [4.78, 5) is 22.9. The number of benzene rings is 1. The van der Waals surface area contributed by atoms with Gasteiger partial charge in [-0.25, -0.2) is 14.0 Å². The minimum Gasteiger partial charge on any atom is -0.464 e. The van der Waals surface area contributed by atoms with Crippen molar-refractivity contribution in [3.8, 4) is 0 Å². The third-order valence-electron chi connectivity index (χ3n) is 3.15. The van der Waals surface area contributed by atoms with Crippen LogP contribution in [0.1, 0.15) is 31.7 Å². The van der Waals surface area contributed by atoms with Crippen LogP contribution in [-0.4, -0.2) is 24.6 Å². The molecular weight excluding hydrogens is 263 g/mol. The van der Waals surface area contributed by atoms with Gasteiger partial charge < -0.3 is 15.4 Å². The van der Waals surface area contributed by atoms with Gasteiger partial charge in [-0.1, -0.05) is 19.9 Å². The normalized spacial score (nSPS) is 18.0. The monoisotopic (exact) mass is 280 g/mol. The predicted octanol–water partition coefficient (Wildman–Crippen LogP) is 2.39. The van der Waals surface area contributed by atoms with E-state index in [0.717, 1.165) is 5.56 Å². The number of hydrogen-bond donors (Lipinski definition) is 2. The quantitative estimate of drug-likeness (QED) is 0.835. The van der Waals surface area contributed by atoms with Crippen molar-refractivity contribution in [2.45, 2.75) is 32.2 Å². The molecule has 0 radical (unpaired) electrons. The number of carbonyl (C=O) groups excluding carboxylic acids is 2. The van der Waals surface area contributed by atoms with E-state index in [4.69, 9.17) is 4.74 Å². The van der Waals surface area contributed by atoms with Gasteiger partial charge in [0.1, 0.15) is 11.9 Å². The highest BCUT2D eigenvalue weighted by Crippen LogP contribution is 2.21. The number of halogens is 1. The molecule has 1 aliphatic rings. The van der Waals surface area contributed by atoms with Crippen molar-refractivity contribution in [1.29, 1.82) is 0 Å². The van der Waals surface area contributed by atoms with E-state index in [1.54, 1.807) is 6.07 Å². The second kappa shape index (κ2) is 5.90. The van der Waals surface area contributed by atoms with E-state index >= 15 is 0 Å². The highest BCUT2D eigenvalue weighted by Gasteiger charge is 2.28. The molecule has 1 saturated heterocycles. The first kappa shape index (κ1) is 14.3. The Morgan fingerprint density at radius 3 is 2.75 bits per heavy atom. The van der Waals surface area contributed by atoms with Crippen molar-refractivity contribution in [3.05, 3.63) is 29.6 Å². The Morgan fingerprint density at radius 2 is 2.20 bits per heavy atom. The Hall–Kier alpha value is -2.11. The van der Waals surface area contributed by atoms with Crippen LogP contribution in [0.4, 0.5) is 14.9 Å². The van der Waals surface area contributed by atoms with Crippen LogP contribution in [0.25, 0.3) is 0 Å². The summed E-state index contributed by atoms with van der Waals surface area (Å²) in [6.45, 7) is 4.21. The minimum absolute atomic E-state index is 0.0817. The molecule has 1 heterocycles. The molecule has 0 aliphatic carbocycles. The fraction of sp³-hybridized carbons (Fsp3) is 0.429. The molecule has 1 aromatic rings. The van der Waals surface area contributed by atoms with Gasteiger partial charge in [0.2, 0.25) is 0 Å². The zero-order chi connectivity index (χ0) is 14.7. The van der Waals surface area contributed by atoms with Crippen LogP contribution in [0.5, 0.6) is 0 Å². The lowest BCUT2D eigenvalue weighted by Gasteiger charge is -2.12. The molecule has 1 aliphatic heterocycles. The zero-order valence-corrected chi connectivity index (χ0v) is 11.4. The van der Waals surface area contributed by atoms with Gasteiger partial charge >= 0.3 is 12.0 Å². The first-order chi connectivity index (χ1) is 9.47. The lowest BCUT2D eigenvalue weighted by Crippen LogP contribution is -2.40. The summed E-state index contributed by atoms with van der Waals surface area (Å²) < 4.78 is 18.6. The Balaban J connectivity index is 1.99. The summed E-state index contributed by atoms with van der Waals surface area (Å²) in [5, 5.41) is 4.84. The fourth-order valence-corrected chi connectivity index (χ4v) is 1.94. The van der Waals surface area contributed by atoms with E-state index in [1.165, 1.54) is 12.1 Å². The maximum atomic E-state index is 13.8. The smallest absolute Gasteiger partial charge is 0.328 e. The van der Waals surface area contributed by atoms with E-state index < -0.39 is 23.9 Å². The molecule has 0 aromatic heterocycles. The lowest BCUT2D eigenvalue weighted by molar-refractivity contribution is -0.139. The number of anilines is 1. The number of rotatable bonds is 3. The minimum atomic E-state index is -0.659. The van der Waals surface area contributed by atoms with Gasteiger partial charge in [-0.15, -0.1) is 0 Å². The summed E-state index contributed by atoms with van der Waals surface area (Å²) in [6.07, 6.45) is 0.432. The van der Waals surface area contributed by atoms with E-state index in [9.17, 15) is 14.0 Å². The number of hydrogen-bond acceptors (Lipinski definition) is 3. The number of ether oxygens (including phenoxy) is 1. The Labute approximate surface area is 116 Å². The molecule has 0 spiro atoms. The molecule has 20 heavy (non-hydrogen) atoms. The topological polar surface area (TPSA) is 67.4 Å². The summed E-state index contributed by atoms with van der Waals surface area (Å²) in [5.74, 6) is -0.753. The number of nitrogens with one attached hydrogen (secondary N) is 2. The van der Waals surface area contributed by atoms with Gasteiger partial charge in [-0.3, -0.25) is 0 Å². The zero-order valence-electron chi connectivity index (χ0n) is 11.4. The SMILES string of the molecule is CC(C)c1ccc(NC(=O)N[C@H]2CCOC2=O)c(F)c1. The highest BCUT2D eigenvalue weighted by molar-refractivity contribution is 5.93. The Kier molecular flexibility index (Phi) is 4.22. The molecule has 1 aromatic carbocycles. The Morgan fingerprint density at radius 1 is 1.45 bits per heavy atom. The lowest BCUT2D eigenvalue weighted by atomic mass is 10.0. The number of amides is 2. The molecule has 1 atom stereocenters. The van der Waals surface area contributed by atoms with Crippen LogP contribution >= 0.6 is 0 Å². The van der Waals surface area contributed by atoms with E-state index in [1.807, 2.05) is 13.8 Å². The summed E-state index contributed by atoms with van der Waals surface area (Å²) >= 11 is 0. The van der Waals surface area contributed by atoms with Gasteiger partial charge in [0.05, 0.1) is 12.3 Å². The molecule has 2 N–H and O–H groups in total.